The van der Waals surface area contributed by atoms with Gasteiger partial charge in [0, 0.05) is 48.0 Å². The molecule has 2 amide bonds. The van der Waals surface area contributed by atoms with Crippen LogP contribution in [-0.2, 0) is 9.53 Å². The normalized spacial score (nSPS) is 15.4. The molecule has 0 saturated carbocycles. The van der Waals surface area contributed by atoms with Gasteiger partial charge in [-0.2, -0.15) is 13.2 Å². The maximum absolute atomic E-state index is 12.8. The molecule has 3 heterocycles. The molecule has 46 heavy (non-hydrogen) atoms. The van der Waals surface area contributed by atoms with Gasteiger partial charge in [0.25, 0.3) is 0 Å². The number of piperidine rings is 1. The third-order valence-corrected chi connectivity index (χ3v) is 7.15. The first-order chi connectivity index (χ1) is 21.8. The lowest BCUT2D eigenvalue weighted by Crippen LogP contribution is -2.47. The molecule has 242 valence electrons. The van der Waals surface area contributed by atoms with Gasteiger partial charge in [0.05, 0.1) is 11.3 Å². The van der Waals surface area contributed by atoms with E-state index >= 15 is 0 Å². The molecule has 2 aromatic carbocycles. The molecule has 0 aliphatic carbocycles. The summed E-state index contributed by atoms with van der Waals surface area (Å²) < 4.78 is 50.2. The van der Waals surface area contributed by atoms with E-state index in [2.05, 4.69) is 20.6 Å². The molecule has 1 fully saturated rings. The zero-order chi connectivity index (χ0) is 33.1. The molecule has 4 aromatic rings. The molecule has 10 nitrogen and oxygen atoms in total. The summed E-state index contributed by atoms with van der Waals surface area (Å²) in [5, 5.41) is 6.80. The Morgan fingerprint density at radius 1 is 1.00 bits per heavy atom. The van der Waals surface area contributed by atoms with Crippen molar-refractivity contribution in [1.29, 1.82) is 0 Å². The largest absolute Gasteiger partial charge is 0.444 e. The average molecular weight is 637 g/mol. The maximum Gasteiger partial charge on any atom is 0.410 e. The summed E-state index contributed by atoms with van der Waals surface area (Å²) in [6, 6.07) is 13.6. The van der Waals surface area contributed by atoms with Crippen molar-refractivity contribution in [3.63, 3.8) is 0 Å². The third-order valence-electron chi connectivity index (χ3n) is 7.15. The fraction of sp³-hybridized carbons (Fsp3) is 0.364. The topological polar surface area (TPSA) is 119 Å². The van der Waals surface area contributed by atoms with Crippen molar-refractivity contribution in [3.05, 3.63) is 66.5 Å². The van der Waals surface area contributed by atoms with Crippen molar-refractivity contribution in [1.82, 2.24) is 19.9 Å². The number of alkyl halides is 3. The molecule has 1 atom stereocenters. The van der Waals surface area contributed by atoms with Crippen LogP contribution in [0.15, 0.2) is 60.9 Å². The summed E-state index contributed by atoms with van der Waals surface area (Å²) in [6.07, 6.45) is -1.74. The Hall–Kier alpha value is -4.94. The number of fused-ring (bicyclic) bond motifs is 1. The van der Waals surface area contributed by atoms with Crippen LogP contribution in [0.1, 0.15) is 45.6 Å². The minimum Gasteiger partial charge on any atom is -0.444 e. The average Bonchev–Trinajstić information content (AvgIpc) is 2.97. The molecule has 0 unspecified atom stereocenters. The lowest BCUT2D eigenvalue weighted by atomic mass is 10.0. The number of anilines is 2. The highest BCUT2D eigenvalue weighted by Crippen LogP contribution is 2.39. The molecule has 0 spiro atoms. The lowest BCUT2D eigenvalue weighted by Gasteiger charge is -2.34. The highest BCUT2D eigenvalue weighted by molar-refractivity contribution is 6.04. The van der Waals surface area contributed by atoms with Crippen molar-refractivity contribution in [2.75, 3.05) is 23.7 Å². The van der Waals surface area contributed by atoms with Gasteiger partial charge < -0.3 is 25.0 Å². The fourth-order valence-corrected chi connectivity index (χ4v) is 5.17. The van der Waals surface area contributed by atoms with E-state index in [1.165, 1.54) is 6.07 Å². The summed E-state index contributed by atoms with van der Waals surface area (Å²) in [5.41, 5.74) is 1.52. The first kappa shape index (κ1) is 32.5. The van der Waals surface area contributed by atoms with Crippen LogP contribution in [0.2, 0.25) is 0 Å². The molecule has 1 aliphatic heterocycles. The fourth-order valence-electron chi connectivity index (χ4n) is 5.17. The first-order valence-corrected chi connectivity index (χ1v) is 14.9. The third kappa shape index (κ3) is 8.20. The predicted molar refractivity (Wildman–Crippen MR) is 168 cm³/mol. The first-order valence-electron chi connectivity index (χ1n) is 14.9. The number of aryl methyl sites for hydroxylation is 1. The Labute approximate surface area is 264 Å². The molecule has 5 rings (SSSR count). The number of amides is 2. The zero-order valence-electron chi connectivity index (χ0n) is 25.9. The second-order valence-electron chi connectivity index (χ2n) is 12.1. The lowest BCUT2D eigenvalue weighted by molar-refractivity contribution is -0.150. The van der Waals surface area contributed by atoms with Gasteiger partial charge in [-0.25, -0.2) is 19.7 Å². The van der Waals surface area contributed by atoms with E-state index in [9.17, 15) is 22.8 Å². The van der Waals surface area contributed by atoms with Crippen LogP contribution < -0.4 is 15.4 Å². The highest BCUT2D eigenvalue weighted by atomic mass is 19.4. The molecule has 2 aromatic heterocycles. The molecule has 1 aliphatic rings. The molecule has 0 radical (unpaired) electrons. The SMILES string of the molecule is Cc1ccc2c(NC(=O)CC(F)(F)F)cccc2c1Oc1ncccc1-c1ccnc(N[C@H]2CCCN(C(=O)OC(C)(C)C)C2)n1. The zero-order valence-corrected chi connectivity index (χ0v) is 25.9. The molecule has 13 heteroatoms. The van der Waals surface area contributed by atoms with Gasteiger partial charge in [0.1, 0.15) is 17.8 Å². The van der Waals surface area contributed by atoms with E-state index in [1.54, 1.807) is 53.7 Å². The second-order valence-corrected chi connectivity index (χ2v) is 12.1. The van der Waals surface area contributed by atoms with Crippen LogP contribution >= 0.6 is 0 Å². The number of hydrogen-bond donors (Lipinski definition) is 2. The van der Waals surface area contributed by atoms with Crippen molar-refractivity contribution in [2.24, 2.45) is 0 Å². The van der Waals surface area contributed by atoms with Crippen LogP contribution in [0.25, 0.3) is 22.0 Å². The summed E-state index contributed by atoms with van der Waals surface area (Å²) in [4.78, 5) is 39.9. The van der Waals surface area contributed by atoms with Crippen LogP contribution in [0, 0.1) is 6.92 Å². The Bertz CT molecular complexity index is 1740. The quantitative estimate of drug-likeness (QED) is 0.214. The summed E-state index contributed by atoms with van der Waals surface area (Å²) in [6.45, 7) is 8.40. The van der Waals surface area contributed by atoms with Crippen LogP contribution in [0.3, 0.4) is 0 Å². The van der Waals surface area contributed by atoms with Gasteiger partial charge in [-0.05, 0) is 70.4 Å². The van der Waals surface area contributed by atoms with Gasteiger partial charge in [-0.15, -0.1) is 0 Å². The number of pyridine rings is 1. The summed E-state index contributed by atoms with van der Waals surface area (Å²) >= 11 is 0. The number of ether oxygens (including phenoxy) is 2. The number of carbonyl (C=O) groups excluding carboxylic acids is 2. The predicted octanol–water partition coefficient (Wildman–Crippen LogP) is 7.49. The van der Waals surface area contributed by atoms with E-state index in [0.29, 0.717) is 46.8 Å². The van der Waals surface area contributed by atoms with Gasteiger partial charge in [0.2, 0.25) is 17.7 Å². The minimum atomic E-state index is -4.62. The summed E-state index contributed by atoms with van der Waals surface area (Å²) in [5.74, 6) is -0.0952. The minimum absolute atomic E-state index is 0.0784. The van der Waals surface area contributed by atoms with Crippen LogP contribution in [0.5, 0.6) is 11.6 Å². The van der Waals surface area contributed by atoms with E-state index in [1.807, 2.05) is 33.8 Å². The summed E-state index contributed by atoms with van der Waals surface area (Å²) in [7, 11) is 0. The smallest absolute Gasteiger partial charge is 0.410 e. The molecule has 1 saturated heterocycles. The molecular weight excluding hydrogens is 601 g/mol. The number of rotatable bonds is 7. The van der Waals surface area contributed by atoms with E-state index in [0.717, 1.165) is 18.4 Å². The monoisotopic (exact) mass is 636 g/mol. The molecule has 2 N–H and O–H groups in total. The number of likely N-dealkylation sites (tertiary alicyclic amines) is 1. The standard InChI is InChI=1S/C33H35F3N6O4/c1-20-12-13-22-23(9-5-11-25(22)40-27(43)18-33(34,35)36)28(20)45-29-24(10-6-15-37-29)26-14-16-38-30(41-26)39-21-8-7-17-42(19-21)31(44)46-32(2,3)4/h5-6,9-16,21H,7-8,17-19H2,1-4H3,(H,40,43)(H,38,39,41)/t21-/m0/s1. The van der Waals surface area contributed by atoms with Crippen molar-refractivity contribution in [3.8, 4) is 22.9 Å². The number of halogens is 3. The van der Waals surface area contributed by atoms with Crippen molar-refractivity contribution in [2.45, 2.75) is 64.8 Å². The van der Waals surface area contributed by atoms with Gasteiger partial charge in [-0.1, -0.05) is 24.3 Å². The van der Waals surface area contributed by atoms with Gasteiger partial charge in [0.15, 0.2) is 0 Å². The van der Waals surface area contributed by atoms with Crippen molar-refractivity contribution >= 4 is 34.4 Å². The van der Waals surface area contributed by atoms with Gasteiger partial charge >= 0.3 is 12.3 Å². The van der Waals surface area contributed by atoms with E-state index in [-0.39, 0.29) is 23.7 Å². The Balaban J connectivity index is 1.38. The number of nitrogens with one attached hydrogen (secondary N) is 2. The number of nitrogens with zero attached hydrogens (tertiary/aromatic N) is 4. The van der Waals surface area contributed by atoms with Gasteiger partial charge in [-0.3, -0.25) is 4.79 Å². The highest BCUT2D eigenvalue weighted by Gasteiger charge is 2.31. The number of benzene rings is 2. The number of carbonyl (C=O) groups is 2. The van der Waals surface area contributed by atoms with Crippen LogP contribution in [0.4, 0.5) is 29.6 Å². The Morgan fingerprint density at radius 2 is 1.80 bits per heavy atom. The number of aromatic nitrogens is 3. The van der Waals surface area contributed by atoms with Crippen LogP contribution in [-0.4, -0.2) is 62.8 Å². The molecular formula is C33H35F3N6O4. The molecule has 0 bridgehead atoms. The number of hydrogen-bond acceptors (Lipinski definition) is 8. The Morgan fingerprint density at radius 3 is 2.57 bits per heavy atom. The van der Waals surface area contributed by atoms with E-state index in [4.69, 9.17) is 14.5 Å². The van der Waals surface area contributed by atoms with E-state index < -0.39 is 24.1 Å². The second kappa shape index (κ2) is 13.2. The van der Waals surface area contributed by atoms with Crippen molar-refractivity contribution < 1.29 is 32.2 Å². The maximum atomic E-state index is 12.8. The Kier molecular flexibility index (Phi) is 9.31.